The normalized spacial score (nSPS) is 16.5. The molecule has 2 heteroatoms. The molecule has 2 unspecified atom stereocenters. The van der Waals surface area contributed by atoms with Gasteiger partial charge >= 0.3 is 0 Å². The number of imidazole rings is 1. The van der Waals surface area contributed by atoms with Crippen molar-refractivity contribution >= 4 is 49.4 Å². The average Bonchev–Trinajstić information content (AvgIpc) is 3.71. The van der Waals surface area contributed by atoms with E-state index in [9.17, 15) is 0 Å². The molecule has 2 nitrogen and oxygen atoms in total. The first kappa shape index (κ1) is 36.8. The van der Waals surface area contributed by atoms with E-state index >= 15 is 0 Å². The quantitative estimate of drug-likeness (QED) is 0.147. The number of benzene rings is 8. The van der Waals surface area contributed by atoms with Crippen LogP contribution in [0.3, 0.4) is 0 Å². The summed E-state index contributed by atoms with van der Waals surface area (Å²) in [5.41, 5.74) is 17.0. The second-order valence-electron chi connectivity index (χ2n) is 16.8. The van der Waals surface area contributed by atoms with Gasteiger partial charge in [-0.15, -0.1) is 0 Å². The molecule has 0 radical (unpaired) electrons. The van der Waals surface area contributed by atoms with Crippen molar-refractivity contribution in [3.8, 4) is 44.8 Å². The molecule has 1 aromatic heterocycles. The lowest BCUT2D eigenvalue weighted by atomic mass is 9.78. The van der Waals surface area contributed by atoms with Crippen molar-refractivity contribution in [2.75, 3.05) is 0 Å². The topological polar surface area (TPSA) is 17.8 Å². The molecule has 9 aromatic rings. The summed E-state index contributed by atoms with van der Waals surface area (Å²) in [6, 6.07) is 64.5. The van der Waals surface area contributed by atoms with Crippen LogP contribution in [0.2, 0.25) is 0 Å². The Kier molecular flexibility index (Phi) is 9.27. The summed E-state index contributed by atoms with van der Waals surface area (Å²) in [4.78, 5) is 5.21. The van der Waals surface area contributed by atoms with Crippen molar-refractivity contribution in [1.82, 2.24) is 9.55 Å². The van der Waals surface area contributed by atoms with Crippen LogP contribution in [0.15, 0.2) is 206 Å². The van der Waals surface area contributed by atoms with Gasteiger partial charge in [-0.05, 0) is 126 Å². The van der Waals surface area contributed by atoms with E-state index in [1.807, 2.05) is 0 Å². The molecular weight excluding hydrogens is 737 g/mol. The van der Waals surface area contributed by atoms with Crippen LogP contribution in [0.5, 0.6) is 0 Å². The van der Waals surface area contributed by atoms with Gasteiger partial charge in [0.1, 0.15) is 5.82 Å². The Bertz CT molecular complexity index is 3250. The zero-order chi connectivity index (χ0) is 40.9. The monoisotopic (exact) mass is 782 g/mol. The van der Waals surface area contributed by atoms with Crippen molar-refractivity contribution in [2.24, 2.45) is 11.8 Å². The number of hydrogen-bond acceptors (Lipinski definition) is 1. The van der Waals surface area contributed by atoms with E-state index in [1.165, 1.54) is 82.9 Å². The molecule has 8 aromatic carbocycles. The Labute approximate surface area is 358 Å². The van der Waals surface area contributed by atoms with Crippen LogP contribution < -0.4 is 0 Å². The number of nitrogens with zero attached hydrogens (tertiary/aromatic N) is 2. The second-order valence-corrected chi connectivity index (χ2v) is 16.8. The van der Waals surface area contributed by atoms with Crippen LogP contribution >= 0.6 is 0 Å². The Balaban J connectivity index is 1.13. The first-order chi connectivity index (χ1) is 30.1. The minimum Gasteiger partial charge on any atom is -0.296 e. The Morgan fingerprint density at radius 1 is 0.492 bits per heavy atom. The highest BCUT2D eigenvalue weighted by Gasteiger charge is 2.25. The molecule has 2 aliphatic carbocycles. The lowest BCUT2D eigenvalue weighted by Gasteiger charge is -2.25. The SMILES string of the molecule is CC1C=C(c2c3ccccc3c(-c3ccccc3-c3ccccc3)c3ccc(-c4ccc(-c5nc6ccccc6n5C5=CC=CC(C)C5)cc4)cc23)C(c2ccccc2)=CC1. The third-order valence-electron chi connectivity index (χ3n) is 12.7. The number of rotatable bonds is 7. The van der Waals surface area contributed by atoms with Crippen LogP contribution in [0.25, 0.3) is 94.2 Å². The summed E-state index contributed by atoms with van der Waals surface area (Å²) in [5.74, 6) is 1.87. The molecule has 0 aliphatic heterocycles. The van der Waals surface area contributed by atoms with E-state index in [1.54, 1.807) is 0 Å². The fourth-order valence-corrected chi connectivity index (χ4v) is 9.78. The van der Waals surface area contributed by atoms with Gasteiger partial charge in [0.25, 0.3) is 0 Å². The van der Waals surface area contributed by atoms with E-state index in [0.29, 0.717) is 11.8 Å². The van der Waals surface area contributed by atoms with Gasteiger partial charge < -0.3 is 0 Å². The zero-order valence-electron chi connectivity index (χ0n) is 34.6. The Morgan fingerprint density at radius 2 is 1.11 bits per heavy atom. The summed E-state index contributed by atoms with van der Waals surface area (Å²) in [6.07, 6.45) is 13.7. The third-order valence-corrected chi connectivity index (χ3v) is 12.7. The Hall–Kier alpha value is -7.29. The van der Waals surface area contributed by atoms with Crippen molar-refractivity contribution in [3.05, 3.63) is 217 Å². The zero-order valence-corrected chi connectivity index (χ0v) is 34.6. The number of aromatic nitrogens is 2. The molecule has 0 spiro atoms. The van der Waals surface area contributed by atoms with Gasteiger partial charge in [0.15, 0.2) is 0 Å². The molecule has 0 fully saturated rings. The van der Waals surface area contributed by atoms with Gasteiger partial charge in [-0.2, -0.15) is 0 Å². The number of allylic oxidation sites excluding steroid dienone is 8. The van der Waals surface area contributed by atoms with Crippen LogP contribution in [0.4, 0.5) is 0 Å². The highest BCUT2D eigenvalue weighted by Crippen LogP contribution is 2.49. The van der Waals surface area contributed by atoms with Crippen molar-refractivity contribution in [3.63, 3.8) is 0 Å². The van der Waals surface area contributed by atoms with Crippen molar-refractivity contribution in [1.29, 1.82) is 0 Å². The molecule has 2 atom stereocenters. The maximum Gasteiger partial charge on any atom is 0.145 e. The molecule has 0 saturated carbocycles. The molecule has 0 saturated heterocycles. The minimum atomic E-state index is 0.415. The van der Waals surface area contributed by atoms with Crippen molar-refractivity contribution < 1.29 is 0 Å². The standard InChI is InChI=1S/C59H46N2/c1-39-16-15-21-46(36-39)61-56-27-14-13-26-55(56)60-59(61)44-31-29-41(30-32-44)45-33-35-52-54(38-45)58(53-37-40(2)28-34-48(53)43-19-7-4-8-20-43)51-25-12-11-24-50(51)57(52)49-23-10-9-22-47(49)42-17-5-3-6-18-42/h3-27,29-35,37-40H,28,36H2,1-2H3. The number of fused-ring (bicyclic) bond motifs is 3. The first-order valence-electron chi connectivity index (χ1n) is 21.7. The second kappa shape index (κ2) is 15.4. The number of para-hydroxylation sites is 2. The van der Waals surface area contributed by atoms with Gasteiger partial charge in [0, 0.05) is 11.3 Å². The lowest BCUT2D eigenvalue weighted by molar-refractivity contribution is 0.727. The molecule has 2 aliphatic rings. The predicted molar refractivity (Wildman–Crippen MR) is 260 cm³/mol. The summed E-state index contributed by atoms with van der Waals surface area (Å²) in [7, 11) is 0. The summed E-state index contributed by atoms with van der Waals surface area (Å²) >= 11 is 0. The van der Waals surface area contributed by atoms with E-state index in [0.717, 1.165) is 35.3 Å². The third kappa shape index (κ3) is 6.56. The predicted octanol–water partition coefficient (Wildman–Crippen LogP) is 16.0. The molecular formula is C59H46N2. The maximum absolute atomic E-state index is 5.21. The number of hydrogen-bond donors (Lipinski definition) is 0. The van der Waals surface area contributed by atoms with E-state index < -0.39 is 0 Å². The van der Waals surface area contributed by atoms with E-state index in [2.05, 4.69) is 225 Å². The van der Waals surface area contributed by atoms with E-state index in [4.69, 9.17) is 4.98 Å². The molecule has 61 heavy (non-hydrogen) atoms. The molecule has 11 rings (SSSR count). The van der Waals surface area contributed by atoms with Gasteiger partial charge in [-0.25, -0.2) is 4.98 Å². The van der Waals surface area contributed by atoms with Crippen LogP contribution in [-0.4, -0.2) is 9.55 Å². The molecule has 0 N–H and O–H groups in total. The van der Waals surface area contributed by atoms with Gasteiger partial charge in [0.05, 0.1) is 11.0 Å². The Morgan fingerprint density at radius 3 is 1.89 bits per heavy atom. The summed E-state index contributed by atoms with van der Waals surface area (Å²) in [5, 5.41) is 5.04. The lowest BCUT2D eigenvalue weighted by Crippen LogP contribution is -2.06. The molecule has 0 amide bonds. The summed E-state index contributed by atoms with van der Waals surface area (Å²) in [6.45, 7) is 4.63. The average molecular weight is 783 g/mol. The highest BCUT2D eigenvalue weighted by molar-refractivity contribution is 6.25. The van der Waals surface area contributed by atoms with Crippen LogP contribution in [0.1, 0.15) is 37.8 Å². The van der Waals surface area contributed by atoms with Crippen molar-refractivity contribution in [2.45, 2.75) is 26.7 Å². The smallest absolute Gasteiger partial charge is 0.145 e. The summed E-state index contributed by atoms with van der Waals surface area (Å²) < 4.78 is 2.36. The van der Waals surface area contributed by atoms with Crippen LogP contribution in [-0.2, 0) is 0 Å². The van der Waals surface area contributed by atoms with Crippen LogP contribution in [0, 0.1) is 11.8 Å². The molecule has 1 heterocycles. The van der Waals surface area contributed by atoms with Gasteiger partial charge in [-0.1, -0.05) is 196 Å². The van der Waals surface area contributed by atoms with Gasteiger partial charge in [-0.3, -0.25) is 4.57 Å². The maximum atomic E-state index is 5.21. The van der Waals surface area contributed by atoms with Gasteiger partial charge in [0.2, 0.25) is 0 Å². The fraction of sp³-hybridized carbons (Fsp3) is 0.102. The molecule has 292 valence electrons. The highest BCUT2D eigenvalue weighted by atomic mass is 15.1. The first-order valence-corrected chi connectivity index (χ1v) is 21.7. The minimum absolute atomic E-state index is 0.415. The largest absolute Gasteiger partial charge is 0.296 e. The van der Waals surface area contributed by atoms with E-state index in [-0.39, 0.29) is 0 Å². The molecule has 0 bridgehead atoms. The fourth-order valence-electron chi connectivity index (χ4n) is 9.78.